The summed E-state index contributed by atoms with van der Waals surface area (Å²) in [5.74, 6) is 0.122. The van der Waals surface area contributed by atoms with Gasteiger partial charge in [-0.1, -0.05) is 32.0 Å². The van der Waals surface area contributed by atoms with E-state index in [2.05, 4.69) is 15.8 Å². The maximum Gasteiger partial charge on any atom is 0.262 e. The smallest absolute Gasteiger partial charge is 0.262 e. The minimum absolute atomic E-state index is 0.242. The molecule has 1 aromatic heterocycles. The van der Waals surface area contributed by atoms with Crippen LogP contribution in [0.2, 0.25) is 0 Å². The highest BCUT2D eigenvalue weighted by Crippen LogP contribution is 2.07. The molecule has 2 N–H and O–H groups in total. The van der Waals surface area contributed by atoms with Gasteiger partial charge in [-0.25, -0.2) is 5.43 Å². The van der Waals surface area contributed by atoms with Crippen molar-refractivity contribution in [3.63, 3.8) is 0 Å². The highest BCUT2D eigenvalue weighted by Gasteiger charge is 2.22. The molecule has 0 spiro atoms. The lowest BCUT2D eigenvalue weighted by molar-refractivity contribution is -0.123. The van der Waals surface area contributed by atoms with Crippen LogP contribution in [0.15, 0.2) is 58.2 Å². The molecule has 0 bridgehead atoms. The zero-order valence-electron chi connectivity index (χ0n) is 13.7. The summed E-state index contributed by atoms with van der Waals surface area (Å²) in [6.45, 7) is 3.97. The van der Waals surface area contributed by atoms with Crippen molar-refractivity contribution >= 4 is 18.0 Å². The zero-order chi connectivity index (χ0) is 17.4. The maximum absolute atomic E-state index is 12.3. The molecule has 0 fully saturated rings. The summed E-state index contributed by atoms with van der Waals surface area (Å²) in [7, 11) is 0. The summed E-state index contributed by atoms with van der Waals surface area (Å²) in [5, 5.41) is 6.61. The van der Waals surface area contributed by atoms with E-state index < -0.39 is 6.04 Å². The van der Waals surface area contributed by atoms with Gasteiger partial charge in [0.25, 0.3) is 11.8 Å². The van der Waals surface area contributed by atoms with Gasteiger partial charge in [-0.3, -0.25) is 9.59 Å². The molecule has 0 aliphatic rings. The van der Waals surface area contributed by atoms with Gasteiger partial charge in [-0.2, -0.15) is 5.10 Å². The minimum atomic E-state index is -0.661. The van der Waals surface area contributed by atoms with E-state index in [9.17, 15) is 9.59 Å². The van der Waals surface area contributed by atoms with Gasteiger partial charge in [0.15, 0.2) is 0 Å². The van der Waals surface area contributed by atoms with Crippen LogP contribution in [0.4, 0.5) is 0 Å². The number of nitrogens with zero attached hydrogens (tertiary/aromatic N) is 1. The molecule has 2 aromatic rings. The molecule has 1 unspecified atom stereocenters. The predicted octanol–water partition coefficient (Wildman–Crippen LogP) is 2.57. The Labute approximate surface area is 140 Å². The number of benzene rings is 1. The van der Waals surface area contributed by atoms with E-state index in [1.54, 1.807) is 36.4 Å². The van der Waals surface area contributed by atoms with E-state index in [1.165, 1.54) is 12.5 Å². The van der Waals surface area contributed by atoms with Gasteiger partial charge in [-0.05, 0) is 36.6 Å². The van der Waals surface area contributed by atoms with Crippen molar-refractivity contribution in [1.29, 1.82) is 0 Å². The second-order valence-electron chi connectivity index (χ2n) is 5.77. The average molecular weight is 327 g/mol. The Bertz CT molecular complexity index is 679. The van der Waals surface area contributed by atoms with Gasteiger partial charge in [0, 0.05) is 5.56 Å². The van der Waals surface area contributed by atoms with Crippen molar-refractivity contribution in [3.05, 3.63) is 60.1 Å². The fourth-order valence-corrected chi connectivity index (χ4v) is 2.14. The summed E-state index contributed by atoms with van der Waals surface area (Å²) in [5.41, 5.74) is 2.95. The molecular weight excluding hydrogens is 306 g/mol. The van der Waals surface area contributed by atoms with Crippen LogP contribution in [0.5, 0.6) is 0 Å². The lowest BCUT2D eigenvalue weighted by Crippen LogP contribution is -2.46. The normalized spacial score (nSPS) is 12.3. The molecule has 0 saturated heterocycles. The molecule has 1 heterocycles. The van der Waals surface area contributed by atoms with Crippen molar-refractivity contribution in [2.45, 2.75) is 26.3 Å². The topological polar surface area (TPSA) is 83.7 Å². The van der Waals surface area contributed by atoms with E-state index in [-0.39, 0.29) is 17.7 Å². The number of rotatable bonds is 7. The molecule has 1 aromatic carbocycles. The largest absolute Gasteiger partial charge is 0.463 e. The molecule has 6 nitrogen and oxygen atoms in total. The Morgan fingerprint density at radius 3 is 2.54 bits per heavy atom. The van der Waals surface area contributed by atoms with E-state index in [0.717, 1.165) is 0 Å². The van der Waals surface area contributed by atoms with Gasteiger partial charge < -0.3 is 9.73 Å². The molecule has 126 valence electrons. The number of nitrogens with one attached hydrogen (secondary N) is 2. The van der Waals surface area contributed by atoms with Crippen molar-refractivity contribution in [2.75, 3.05) is 0 Å². The van der Waals surface area contributed by atoms with E-state index in [1.807, 2.05) is 19.9 Å². The summed E-state index contributed by atoms with van der Waals surface area (Å²) in [6.07, 6.45) is 3.44. The predicted molar refractivity (Wildman–Crippen MR) is 91.6 cm³/mol. The summed E-state index contributed by atoms with van der Waals surface area (Å²) < 4.78 is 5.09. The van der Waals surface area contributed by atoms with Crippen molar-refractivity contribution in [1.82, 2.24) is 10.7 Å². The Morgan fingerprint density at radius 1 is 1.17 bits per heavy atom. The van der Waals surface area contributed by atoms with Crippen molar-refractivity contribution in [2.24, 2.45) is 11.0 Å². The van der Waals surface area contributed by atoms with Gasteiger partial charge in [0.1, 0.15) is 11.8 Å². The van der Waals surface area contributed by atoms with Crippen LogP contribution in [0.3, 0.4) is 0 Å². The number of hydrogen-bond acceptors (Lipinski definition) is 4. The van der Waals surface area contributed by atoms with Gasteiger partial charge in [0.05, 0.1) is 12.5 Å². The van der Waals surface area contributed by atoms with Gasteiger partial charge >= 0.3 is 0 Å². The quantitative estimate of drug-likeness (QED) is 0.605. The van der Waals surface area contributed by atoms with E-state index in [0.29, 0.717) is 17.7 Å². The second kappa shape index (κ2) is 8.67. The number of hydrazone groups is 1. The van der Waals surface area contributed by atoms with Crippen LogP contribution >= 0.6 is 0 Å². The first-order chi connectivity index (χ1) is 11.6. The highest BCUT2D eigenvalue weighted by atomic mass is 16.3. The Kier molecular flexibility index (Phi) is 6.31. The first kappa shape index (κ1) is 17.5. The maximum atomic E-state index is 12.3. The van der Waals surface area contributed by atoms with Crippen molar-refractivity contribution in [3.8, 4) is 0 Å². The molecule has 24 heavy (non-hydrogen) atoms. The second-order valence-corrected chi connectivity index (χ2v) is 5.77. The zero-order valence-corrected chi connectivity index (χ0v) is 13.7. The van der Waals surface area contributed by atoms with Crippen molar-refractivity contribution < 1.29 is 14.0 Å². The lowest BCUT2D eigenvalue weighted by atomic mass is 10.0. The SMILES string of the molecule is CC(C)CC(NC(=O)c1ccccc1)C(=O)NN=Cc1ccco1. The van der Waals surface area contributed by atoms with Gasteiger partial charge in [-0.15, -0.1) is 0 Å². The molecular formula is C18H21N3O3. The lowest BCUT2D eigenvalue weighted by Gasteiger charge is -2.18. The molecule has 6 heteroatoms. The summed E-state index contributed by atoms with van der Waals surface area (Å²) >= 11 is 0. The first-order valence-corrected chi connectivity index (χ1v) is 7.78. The molecule has 2 rings (SSSR count). The van der Waals surface area contributed by atoms with Crippen LogP contribution in [-0.2, 0) is 4.79 Å². The molecule has 0 radical (unpaired) electrons. The average Bonchev–Trinajstić information content (AvgIpc) is 3.08. The Hall–Kier alpha value is -2.89. The molecule has 2 amide bonds. The number of carbonyl (C=O) groups is 2. The molecule has 0 saturated carbocycles. The summed E-state index contributed by atoms with van der Waals surface area (Å²) in [6, 6.07) is 11.6. The van der Waals surface area contributed by atoms with E-state index >= 15 is 0 Å². The van der Waals surface area contributed by atoms with Crippen LogP contribution in [0.25, 0.3) is 0 Å². The third kappa shape index (κ3) is 5.39. The van der Waals surface area contributed by atoms with E-state index in [4.69, 9.17) is 4.42 Å². The van der Waals surface area contributed by atoms with Crippen LogP contribution in [-0.4, -0.2) is 24.1 Å². The first-order valence-electron chi connectivity index (χ1n) is 7.78. The third-order valence-electron chi connectivity index (χ3n) is 3.27. The molecule has 0 aliphatic carbocycles. The Balaban J connectivity index is 1.98. The molecule has 1 atom stereocenters. The van der Waals surface area contributed by atoms with Gasteiger partial charge in [0.2, 0.25) is 0 Å². The standard InChI is InChI=1S/C18H21N3O3/c1-13(2)11-16(20-17(22)14-7-4-3-5-8-14)18(23)21-19-12-15-9-6-10-24-15/h3-10,12-13,16H,11H2,1-2H3,(H,20,22)(H,21,23). The molecule has 0 aliphatic heterocycles. The highest BCUT2D eigenvalue weighted by molar-refractivity contribution is 5.97. The monoisotopic (exact) mass is 327 g/mol. The number of hydrogen-bond donors (Lipinski definition) is 2. The van der Waals surface area contributed by atoms with Crippen LogP contribution in [0, 0.1) is 5.92 Å². The fourth-order valence-electron chi connectivity index (χ4n) is 2.14. The Morgan fingerprint density at radius 2 is 1.92 bits per heavy atom. The number of amides is 2. The van der Waals surface area contributed by atoms with Crippen LogP contribution in [0.1, 0.15) is 36.4 Å². The van der Waals surface area contributed by atoms with Crippen LogP contribution < -0.4 is 10.7 Å². The number of carbonyl (C=O) groups excluding carboxylic acids is 2. The number of furan rings is 1. The summed E-state index contributed by atoms with van der Waals surface area (Å²) in [4.78, 5) is 24.6. The fraction of sp³-hybridized carbons (Fsp3) is 0.278. The minimum Gasteiger partial charge on any atom is -0.463 e. The third-order valence-corrected chi connectivity index (χ3v) is 3.27.